The lowest BCUT2D eigenvalue weighted by molar-refractivity contribution is -0.104. The number of imidazole rings is 1. The maximum atomic E-state index is 12.8. The van der Waals surface area contributed by atoms with Crippen molar-refractivity contribution in [2.24, 2.45) is 0 Å². The van der Waals surface area contributed by atoms with Gasteiger partial charge in [-0.25, -0.2) is 24.3 Å². The molecule has 19 heteroatoms. The number of ether oxygens (including phenoxy) is 2. The Morgan fingerprint density at radius 2 is 2.05 bits per heavy atom. The number of hydrogen-bond acceptors (Lipinski definition) is 14. The van der Waals surface area contributed by atoms with Crippen molar-refractivity contribution in [2.75, 3.05) is 18.9 Å². The molecule has 0 aromatic carbocycles. The average Bonchev–Trinajstić information content (AvgIpc) is 3.53. The minimum atomic E-state index is -4.76. The summed E-state index contributed by atoms with van der Waals surface area (Å²) in [5.41, 5.74) is 3.35. The molecule has 7 atom stereocenters. The van der Waals surface area contributed by atoms with Gasteiger partial charge < -0.3 is 35.3 Å². The predicted octanol–water partition coefficient (Wildman–Crippen LogP) is -1.73. The summed E-state index contributed by atoms with van der Waals surface area (Å²) in [6.45, 7) is 2.15. The number of nitrogens with two attached hydrogens (primary N) is 1. The Hall–Kier alpha value is -3.09. The number of fused-ring (bicyclic) bond motifs is 1. The van der Waals surface area contributed by atoms with Gasteiger partial charge in [-0.05, 0) is 13.8 Å². The lowest BCUT2D eigenvalue weighted by atomic mass is 10.1. The van der Waals surface area contributed by atoms with E-state index in [1.54, 1.807) is 13.8 Å². The van der Waals surface area contributed by atoms with Crippen molar-refractivity contribution in [3.05, 3.63) is 39.3 Å². The molecule has 2 saturated heterocycles. The number of nitrogens with zero attached hydrogens (tertiary/aromatic N) is 6. The van der Waals surface area contributed by atoms with E-state index >= 15 is 0 Å². The monoisotopic (exact) mass is 570 g/mol. The third-order valence-corrected chi connectivity index (χ3v) is 7.56. The van der Waals surface area contributed by atoms with E-state index in [0.29, 0.717) is 5.82 Å². The smallest absolute Gasteiger partial charge is 0.394 e. The van der Waals surface area contributed by atoms with Gasteiger partial charge >= 0.3 is 13.5 Å². The van der Waals surface area contributed by atoms with Crippen molar-refractivity contribution < 1.29 is 38.2 Å². The Labute approximate surface area is 219 Å². The number of aromatic amines is 1. The standard InChI is InChI=1S/C20H27N8O10P/c1-9-24-16-15(17(31)25-9)22-8-28(16)20(2)4-10(30)13(37-20)6-35-39(33,34)38-11-3-14(36-12(11)5-29)27-7-23-18(21)26-19(27)32/h7-8,10-14,29-30H,3-6H2,1-2H3,(H,33,34)(H2,21,26,32)(H,24,25,31)/t10?,11?,12-,13-,14?,20?/m1/s1. The van der Waals surface area contributed by atoms with Gasteiger partial charge in [0.1, 0.15) is 42.4 Å². The summed E-state index contributed by atoms with van der Waals surface area (Å²) in [5.74, 6) is 0.130. The number of nitrogen functional groups attached to an aromatic ring is 1. The molecule has 3 aromatic heterocycles. The largest absolute Gasteiger partial charge is 0.472 e. The number of aliphatic hydroxyl groups excluding tert-OH is 2. The van der Waals surface area contributed by atoms with Crippen molar-refractivity contribution >= 4 is 24.9 Å². The Morgan fingerprint density at radius 1 is 1.28 bits per heavy atom. The number of aliphatic hydroxyl groups is 2. The van der Waals surface area contributed by atoms with Crippen LogP contribution in [0.1, 0.15) is 31.8 Å². The number of phosphoric acid groups is 1. The third kappa shape index (κ3) is 5.37. The number of aryl methyl sites for hydroxylation is 1. The summed E-state index contributed by atoms with van der Waals surface area (Å²) in [7, 11) is -4.76. The average molecular weight is 570 g/mol. The first-order valence-corrected chi connectivity index (χ1v) is 13.3. The molecule has 5 unspecified atom stereocenters. The molecule has 5 rings (SSSR count). The number of nitrogens with one attached hydrogen (secondary N) is 1. The number of rotatable bonds is 8. The van der Waals surface area contributed by atoms with E-state index < -0.39 is 68.7 Å². The van der Waals surface area contributed by atoms with Crippen LogP contribution in [-0.2, 0) is 28.8 Å². The van der Waals surface area contributed by atoms with Crippen LogP contribution < -0.4 is 17.0 Å². The molecule has 0 bridgehead atoms. The van der Waals surface area contributed by atoms with E-state index in [1.165, 1.54) is 10.9 Å². The normalized spacial score (nSPS) is 30.6. The SMILES string of the molecule is Cc1nc2c(ncn2C2(C)CC(O)[C@@H](COP(=O)(O)OC3CC(n4cnc(N)nc4=O)O[C@@H]3CO)O2)c(=O)[nH]1. The minimum Gasteiger partial charge on any atom is -0.394 e. The first-order chi connectivity index (χ1) is 18.4. The second kappa shape index (κ2) is 10.1. The molecule has 2 aliphatic rings. The van der Waals surface area contributed by atoms with Crippen LogP contribution >= 0.6 is 7.82 Å². The zero-order valence-corrected chi connectivity index (χ0v) is 21.7. The quantitative estimate of drug-likeness (QED) is 0.189. The van der Waals surface area contributed by atoms with Crippen molar-refractivity contribution in [2.45, 2.75) is 63.1 Å². The molecule has 2 aliphatic heterocycles. The number of anilines is 1. The third-order valence-electron chi connectivity index (χ3n) is 6.54. The highest BCUT2D eigenvalue weighted by atomic mass is 31.2. The molecular formula is C20H27N8O10P. The summed E-state index contributed by atoms with van der Waals surface area (Å²) in [4.78, 5) is 52.8. The van der Waals surface area contributed by atoms with Gasteiger partial charge in [-0.3, -0.25) is 23.0 Å². The molecule has 0 saturated carbocycles. The Kier molecular flexibility index (Phi) is 7.15. The van der Waals surface area contributed by atoms with Gasteiger partial charge in [-0.1, -0.05) is 0 Å². The van der Waals surface area contributed by atoms with E-state index in [9.17, 15) is 29.3 Å². The lowest BCUT2D eigenvalue weighted by Crippen LogP contribution is -2.32. The predicted molar refractivity (Wildman–Crippen MR) is 129 cm³/mol. The minimum absolute atomic E-state index is 0.0414. The van der Waals surface area contributed by atoms with Gasteiger partial charge in [-0.2, -0.15) is 4.98 Å². The molecule has 5 heterocycles. The van der Waals surface area contributed by atoms with Gasteiger partial charge in [0.25, 0.3) is 5.56 Å². The molecule has 0 radical (unpaired) electrons. The van der Waals surface area contributed by atoms with E-state index in [0.717, 1.165) is 10.9 Å². The van der Waals surface area contributed by atoms with Gasteiger partial charge in [0.05, 0.1) is 25.6 Å². The Balaban J connectivity index is 1.25. The Morgan fingerprint density at radius 3 is 2.77 bits per heavy atom. The summed E-state index contributed by atoms with van der Waals surface area (Å²) < 4.78 is 37.2. The van der Waals surface area contributed by atoms with Crippen molar-refractivity contribution in [3.63, 3.8) is 0 Å². The highest BCUT2D eigenvalue weighted by Crippen LogP contribution is 2.49. The van der Waals surface area contributed by atoms with Gasteiger partial charge in [0.2, 0.25) is 5.95 Å². The fourth-order valence-electron chi connectivity index (χ4n) is 4.71. The molecule has 0 spiro atoms. The number of hydrogen-bond donors (Lipinski definition) is 5. The molecule has 0 aliphatic carbocycles. The summed E-state index contributed by atoms with van der Waals surface area (Å²) >= 11 is 0. The van der Waals surface area contributed by atoms with E-state index in [4.69, 9.17) is 24.3 Å². The van der Waals surface area contributed by atoms with Crippen LogP contribution in [0.15, 0.2) is 22.2 Å². The highest BCUT2D eigenvalue weighted by Gasteiger charge is 2.47. The summed E-state index contributed by atoms with van der Waals surface area (Å²) in [6, 6.07) is 0. The molecule has 18 nitrogen and oxygen atoms in total. The fraction of sp³-hybridized carbons (Fsp3) is 0.600. The molecule has 212 valence electrons. The second-order valence-corrected chi connectivity index (χ2v) is 10.8. The molecule has 6 N–H and O–H groups in total. The maximum Gasteiger partial charge on any atom is 0.472 e. The van der Waals surface area contributed by atoms with Crippen LogP contribution in [-0.4, -0.2) is 86.8 Å². The first-order valence-electron chi connectivity index (χ1n) is 11.8. The van der Waals surface area contributed by atoms with Crippen molar-refractivity contribution in [1.29, 1.82) is 0 Å². The zero-order valence-electron chi connectivity index (χ0n) is 20.8. The lowest BCUT2D eigenvalue weighted by Gasteiger charge is -2.26. The van der Waals surface area contributed by atoms with Crippen LogP contribution in [0.4, 0.5) is 5.95 Å². The maximum absolute atomic E-state index is 12.8. The molecular weight excluding hydrogens is 543 g/mol. The van der Waals surface area contributed by atoms with Gasteiger partial charge in [-0.15, -0.1) is 0 Å². The molecule has 39 heavy (non-hydrogen) atoms. The number of H-pyrrole nitrogens is 1. The Bertz CT molecular complexity index is 1540. The molecule has 0 amide bonds. The van der Waals surface area contributed by atoms with Crippen molar-refractivity contribution in [3.8, 4) is 0 Å². The van der Waals surface area contributed by atoms with E-state index in [1.807, 2.05) is 0 Å². The fourth-order valence-corrected chi connectivity index (χ4v) is 5.67. The van der Waals surface area contributed by atoms with Crippen LogP contribution in [0.2, 0.25) is 0 Å². The highest BCUT2D eigenvalue weighted by molar-refractivity contribution is 7.47. The van der Waals surface area contributed by atoms with Crippen LogP contribution in [0, 0.1) is 6.92 Å². The first kappa shape index (κ1) is 27.5. The number of phosphoric ester groups is 1. The second-order valence-electron chi connectivity index (χ2n) is 9.40. The molecule has 2 fully saturated rings. The van der Waals surface area contributed by atoms with Gasteiger partial charge in [0, 0.05) is 12.8 Å². The summed E-state index contributed by atoms with van der Waals surface area (Å²) in [5, 5.41) is 20.3. The summed E-state index contributed by atoms with van der Waals surface area (Å²) in [6.07, 6.45) is -2.94. The zero-order chi connectivity index (χ0) is 28.1. The topological polar surface area (TPSA) is 252 Å². The van der Waals surface area contributed by atoms with E-state index in [-0.39, 0.29) is 30.0 Å². The van der Waals surface area contributed by atoms with Crippen LogP contribution in [0.25, 0.3) is 11.2 Å². The van der Waals surface area contributed by atoms with E-state index in [2.05, 4.69) is 24.9 Å². The van der Waals surface area contributed by atoms with Gasteiger partial charge in [0.15, 0.2) is 11.2 Å². The number of aromatic nitrogens is 7. The molecule has 3 aromatic rings. The van der Waals surface area contributed by atoms with Crippen molar-refractivity contribution in [1.82, 2.24) is 34.1 Å². The van der Waals surface area contributed by atoms with Crippen LogP contribution in [0.5, 0.6) is 0 Å². The van der Waals surface area contributed by atoms with Crippen LogP contribution in [0.3, 0.4) is 0 Å².